The van der Waals surface area contributed by atoms with Crippen molar-refractivity contribution in [3.63, 3.8) is 0 Å². The molecule has 1 aromatic carbocycles. The van der Waals surface area contributed by atoms with Gasteiger partial charge in [-0.05, 0) is 25.1 Å². The van der Waals surface area contributed by atoms with Crippen LogP contribution in [0.25, 0.3) is 0 Å². The van der Waals surface area contributed by atoms with Crippen molar-refractivity contribution in [1.82, 2.24) is 0 Å². The van der Waals surface area contributed by atoms with Gasteiger partial charge in [-0.1, -0.05) is 6.58 Å². The van der Waals surface area contributed by atoms with Gasteiger partial charge in [0.1, 0.15) is 6.07 Å². The minimum atomic E-state index is -4.52. The number of carbonyl (C=O) groups excluding carboxylic acids is 1. The molecule has 0 fully saturated rings. The third-order valence-corrected chi connectivity index (χ3v) is 2.52. The molecule has 7 heteroatoms. The molecule has 0 unspecified atom stereocenters. The van der Waals surface area contributed by atoms with Crippen LogP contribution in [0.15, 0.2) is 30.4 Å². The summed E-state index contributed by atoms with van der Waals surface area (Å²) in [7, 11) is 0. The number of halogens is 3. The van der Waals surface area contributed by atoms with Gasteiger partial charge >= 0.3 is 12.1 Å². The standard InChI is InChI=1S/C14H13F3N2O2/c1-3-21-13(20)9(2)8-19-12-5-4-11(14(15,16)17)6-10(12)7-18/h4-6,19H,2-3,8H2,1H3. The molecule has 4 nitrogen and oxygen atoms in total. The largest absolute Gasteiger partial charge is 0.463 e. The van der Waals surface area contributed by atoms with Crippen molar-refractivity contribution in [3.05, 3.63) is 41.5 Å². The Balaban J connectivity index is 2.84. The van der Waals surface area contributed by atoms with Crippen LogP contribution in [0.4, 0.5) is 18.9 Å². The Morgan fingerprint density at radius 2 is 2.14 bits per heavy atom. The van der Waals surface area contributed by atoms with E-state index in [9.17, 15) is 18.0 Å². The first-order valence-corrected chi connectivity index (χ1v) is 5.99. The van der Waals surface area contributed by atoms with E-state index in [-0.39, 0.29) is 30.0 Å². The van der Waals surface area contributed by atoms with Gasteiger partial charge in [0, 0.05) is 12.1 Å². The molecule has 1 aromatic rings. The van der Waals surface area contributed by atoms with Crippen LogP contribution in [0.3, 0.4) is 0 Å². The third-order valence-electron chi connectivity index (χ3n) is 2.52. The molecule has 0 atom stereocenters. The number of anilines is 1. The maximum absolute atomic E-state index is 12.5. The number of hydrogen-bond donors (Lipinski definition) is 1. The smallest absolute Gasteiger partial charge is 0.416 e. The minimum absolute atomic E-state index is 0.0289. The summed E-state index contributed by atoms with van der Waals surface area (Å²) in [6.07, 6.45) is -4.52. The fourth-order valence-electron chi connectivity index (χ4n) is 1.47. The van der Waals surface area contributed by atoms with Crippen molar-refractivity contribution in [2.45, 2.75) is 13.1 Å². The van der Waals surface area contributed by atoms with E-state index in [1.165, 1.54) is 0 Å². The second kappa shape index (κ2) is 6.79. The molecule has 0 aliphatic rings. The van der Waals surface area contributed by atoms with Gasteiger partial charge in [0.25, 0.3) is 0 Å². The summed E-state index contributed by atoms with van der Waals surface area (Å²) in [5, 5.41) is 11.6. The van der Waals surface area contributed by atoms with Crippen LogP contribution in [0.2, 0.25) is 0 Å². The van der Waals surface area contributed by atoms with Gasteiger partial charge in [0.2, 0.25) is 0 Å². The van der Waals surface area contributed by atoms with Crippen molar-refractivity contribution < 1.29 is 22.7 Å². The van der Waals surface area contributed by atoms with Gasteiger partial charge in [-0.3, -0.25) is 0 Å². The minimum Gasteiger partial charge on any atom is -0.463 e. The maximum Gasteiger partial charge on any atom is 0.416 e. The number of rotatable bonds is 5. The lowest BCUT2D eigenvalue weighted by Crippen LogP contribution is -2.15. The van der Waals surface area contributed by atoms with Crippen molar-refractivity contribution >= 4 is 11.7 Å². The Morgan fingerprint density at radius 1 is 1.48 bits per heavy atom. The zero-order chi connectivity index (χ0) is 16.0. The lowest BCUT2D eigenvalue weighted by atomic mass is 10.1. The number of alkyl halides is 3. The van der Waals surface area contributed by atoms with Crippen molar-refractivity contribution in [1.29, 1.82) is 5.26 Å². The summed E-state index contributed by atoms with van der Waals surface area (Å²) in [6.45, 7) is 5.31. The SMILES string of the molecule is C=C(CNc1ccc(C(F)(F)F)cc1C#N)C(=O)OCC. The molecule has 0 spiro atoms. The molecule has 0 saturated heterocycles. The molecule has 1 rings (SSSR count). The predicted octanol–water partition coefficient (Wildman–Crippen LogP) is 3.11. The van der Waals surface area contributed by atoms with Crippen LogP contribution in [0.1, 0.15) is 18.1 Å². The molecule has 0 bridgehead atoms. The Bertz CT molecular complexity index is 589. The van der Waals surface area contributed by atoms with Gasteiger partial charge in [-0.25, -0.2) is 4.79 Å². The molecule has 0 amide bonds. The highest BCUT2D eigenvalue weighted by Crippen LogP contribution is 2.31. The van der Waals surface area contributed by atoms with Crippen LogP contribution < -0.4 is 5.32 Å². The summed E-state index contributed by atoms with van der Waals surface area (Å²) in [4.78, 5) is 11.3. The lowest BCUT2D eigenvalue weighted by molar-refractivity contribution is -0.138. The summed E-state index contributed by atoms with van der Waals surface area (Å²) in [5.41, 5.74) is -0.771. The van der Waals surface area contributed by atoms with Gasteiger partial charge in [-0.15, -0.1) is 0 Å². The molecule has 0 aromatic heterocycles. The zero-order valence-corrected chi connectivity index (χ0v) is 11.3. The summed E-state index contributed by atoms with van der Waals surface area (Å²) < 4.78 is 42.3. The van der Waals surface area contributed by atoms with Gasteiger partial charge < -0.3 is 10.1 Å². The fourth-order valence-corrected chi connectivity index (χ4v) is 1.47. The van der Waals surface area contributed by atoms with Crippen molar-refractivity contribution in [2.75, 3.05) is 18.5 Å². The number of hydrogen-bond acceptors (Lipinski definition) is 4. The first-order chi connectivity index (χ1) is 9.79. The maximum atomic E-state index is 12.5. The quantitative estimate of drug-likeness (QED) is 0.670. The second-order valence-corrected chi connectivity index (χ2v) is 4.05. The highest BCUT2D eigenvalue weighted by atomic mass is 19.4. The Morgan fingerprint density at radius 3 is 2.67 bits per heavy atom. The lowest BCUT2D eigenvalue weighted by Gasteiger charge is -2.12. The second-order valence-electron chi connectivity index (χ2n) is 4.05. The molecule has 0 aliphatic heterocycles. The van der Waals surface area contributed by atoms with Crippen LogP contribution in [-0.2, 0) is 15.7 Å². The number of nitriles is 1. The summed E-state index contributed by atoms with van der Waals surface area (Å²) in [5.74, 6) is -0.601. The topological polar surface area (TPSA) is 62.1 Å². The number of nitrogens with one attached hydrogen (secondary N) is 1. The number of carbonyl (C=O) groups is 1. The van der Waals surface area contributed by atoms with Crippen LogP contribution in [0.5, 0.6) is 0 Å². The average Bonchev–Trinajstić information content (AvgIpc) is 2.43. The molecule has 21 heavy (non-hydrogen) atoms. The number of nitrogens with zero attached hydrogens (tertiary/aromatic N) is 1. The molecule has 0 saturated carbocycles. The third kappa shape index (κ3) is 4.53. The first-order valence-electron chi connectivity index (χ1n) is 5.99. The van der Waals surface area contributed by atoms with E-state index in [1.807, 2.05) is 0 Å². The molecular weight excluding hydrogens is 285 g/mol. The Labute approximate surface area is 119 Å². The number of ether oxygens (including phenoxy) is 1. The predicted molar refractivity (Wildman–Crippen MR) is 70.4 cm³/mol. The van der Waals surface area contributed by atoms with E-state index >= 15 is 0 Å². The van der Waals surface area contributed by atoms with Crippen molar-refractivity contribution in [3.8, 4) is 6.07 Å². The fraction of sp³-hybridized carbons (Fsp3) is 0.286. The molecule has 0 heterocycles. The molecule has 0 aliphatic carbocycles. The molecule has 0 radical (unpaired) electrons. The monoisotopic (exact) mass is 298 g/mol. The van der Waals surface area contributed by atoms with E-state index in [2.05, 4.69) is 11.9 Å². The molecule has 112 valence electrons. The van der Waals surface area contributed by atoms with Crippen LogP contribution in [-0.4, -0.2) is 19.1 Å². The number of benzene rings is 1. The average molecular weight is 298 g/mol. The summed E-state index contributed by atoms with van der Waals surface area (Å²) >= 11 is 0. The van der Waals surface area contributed by atoms with E-state index in [0.29, 0.717) is 0 Å². The van der Waals surface area contributed by atoms with E-state index in [0.717, 1.165) is 18.2 Å². The highest BCUT2D eigenvalue weighted by Gasteiger charge is 2.31. The Kier molecular flexibility index (Phi) is 5.36. The van der Waals surface area contributed by atoms with Crippen LogP contribution >= 0.6 is 0 Å². The van der Waals surface area contributed by atoms with Gasteiger partial charge in [0.05, 0.1) is 23.4 Å². The Hall–Kier alpha value is -2.49. The molecule has 1 N–H and O–H groups in total. The highest BCUT2D eigenvalue weighted by molar-refractivity contribution is 5.88. The van der Waals surface area contributed by atoms with E-state index in [1.54, 1.807) is 13.0 Å². The molecular formula is C14H13F3N2O2. The van der Waals surface area contributed by atoms with Gasteiger partial charge in [-0.2, -0.15) is 18.4 Å². The van der Waals surface area contributed by atoms with Gasteiger partial charge in [0.15, 0.2) is 0 Å². The van der Waals surface area contributed by atoms with E-state index < -0.39 is 17.7 Å². The first kappa shape index (κ1) is 16.6. The van der Waals surface area contributed by atoms with Crippen molar-refractivity contribution in [2.24, 2.45) is 0 Å². The summed E-state index contributed by atoms with van der Waals surface area (Å²) in [6, 6.07) is 4.42. The van der Waals surface area contributed by atoms with Crippen LogP contribution in [0, 0.1) is 11.3 Å². The number of esters is 1. The zero-order valence-electron chi connectivity index (χ0n) is 11.3. The normalized spacial score (nSPS) is 10.6. The van der Waals surface area contributed by atoms with E-state index in [4.69, 9.17) is 10.00 Å².